The number of hydrogen-bond acceptors (Lipinski definition) is 2. The fourth-order valence-electron chi connectivity index (χ4n) is 6.34. The zero-order chi connectivity index (χ0) is 17.7. The molecule has 5 rings (SSSR count). The predicted molar refractivity (Wildman–Crippen MR) is 104 cm³/mol. The maximum atomic E-state index is 11.7. The molecule has 0 aromatic heterocycles. The number of piperidine rings is 1. The van der Waals surface area contributed by atoms with Crippen LogP contribution in [0.1, 0.15) is 56.2 Å². The lowest BCUT2D eigenvalue weighted by Crippen LogP contribution is -2.44. The summed E-state index contributed by atoms with van der Waals surface area (Å²) in [5.41, 5.74) is 3.13. The van der Waals surface area contributed by atoms with Crippen molar-refractivity contribution in [1.82, 2.24) is 10.2 Å². The lowest BCUT2D eigenvalue weighted by Gasteiger charge is -2.41. The number of nitrogens with one attached hydrogen (secondary N) is 1. The molecule has 4 unspecified atom stereocenters. The van der Waals surface area contributed by atoms with Crippen molar-refractivity contribution in [3.8, 4) is 0 Å². The Hall–Kier alpha value is -1.61. The summed E-state index contributed by atoms with van der Waals surface area (Å²) >= 11 is 0. The SMILES string of the molecule is CC(=O)NC1CC2(CCN(CC3CC4C=CC3C4)CC2)c2ccccc21. The van der Waals surface area contributed by atoms with Crippen LogP contribution in [0.4, 0.5) is 0 Å². The van der Waals surface area contributed by atoms with Crippen LogP contribution in [0.25, 0.3) is 0 Å². The highest BCUT2D eigenvalue weighted by atomic mass is 16.1. The molecule has 1 aromatic carbocycles. The monoisotopic (exact) mass is 350 g/mol. The summed E-state index contributed by atoms with van der Waals surface area (Å²) in [6.07, 6.45) is 11.3. The molecule has 26 heavy (non-hydrogen) atoms. The Morgan fingerprint density at radius 3 is 2.69 bits per heavy atom. The summed E-state index contributed by atoms with van der Waals surface area (Å²) in [4.78, 5) is 14.4. The van der Waals surface area contributed by atoms with Gasteiger partial charge in [0.05, 0.1) is 6.04 Å². The van der Waals surface area contributed by atoms with Gasteiger partial charge in [-0.05, 0) is 74.1 Å². The summed E-state index contributed by atoms with van der Waals surface area (Å²) < 4.78 is 0. The molecule has 2 bridgehead atoms. The summed E-state index contributed by atoms with van der Waals surface area (Å²) in [6, 6.07) is 9.02. The minimum atomic E-state index is 0.0867. The van der Waals surface area contributed by atoms with E-state index >= 15 is 0 Å². The first-order valence-corrected chi connectivity index (χ1v) is 10.4. The molecule has 3 nitrogen and oxygen atoms in total. The Kier molecular flexibility index (Phi) is 3.97. The number of amides is 1. The van der Waals surface area contributed by atoms with Gasteiger partial charge >= 0.3 is 0 Å². The van der Waals surface area contributed by atoms with E-state index in [4.69, 9.17) is 0 Å². The molecule has 1 spiro atoms. The first-order chi connectivity index (χ1) is 12.6. The van der Waals surface area contributed by atoms with Gasteiger partial charge < -0.3 is 10.2 Å². The first kappa shape index (κ1) is 16.6. The molecule has 1 saturated heterocycles. The molecule has 3 aliphatic carbocycles. The normalized spacial score (nSPS) is 34.3. The number of allylic oxidation sites excluding steroid dienone is 2. The number of carbonyl (C=O) groups is 1. The number of fused-ring (bicyclic) bond motifs is 4. The van der Waals surface area contributed by atoms with Crippen molar-refractivity contribution in [2.45, 2.75) is 50.5 Å². The Morgan fingerprint density at radius 1 is 1.19 bits per heavy atom. The molecule has 2 fully saturated rings. The Bertz CT molecular complexity index is 731. The van der Waals surface area contributed by atoms with Crippen molar-refractivity contribution < 1.29 is 4.79 Å². The largest absolute Gasteiger partial charge is 0.349 e. The van der Waals surface area contributed by atoms with E-state index in [-0.39, 0.29) is 17.4 Å². The summed E-state index contributed by atoms with van der Waals surface area (Å²) in [5, 5.41) is 3.20. The van der Waals surface area contributed by atoms with Crippen LogP contribution >= 0.6 is 0 Å². The number of rotatable bonds is 3. The zero-order valence-corrected chi connectivity index (χ0v) is 15.8. The van der Waals surface area contributed by atoms with Crippen LogP contribution in [0.5, 0.6) is 0 Å². The third-order valence-electron chi connectivity index (χ3n) is 7.60. The lowest BCUT2D eigenvalue weighted by atomic mass is 9.73. The standard InChI is InChI=1S/C23H30N2O/c1-16(26)24-22-14-23(21-5-3-2-4-20(21)22)8-10-25(11-9-23)15-19-13-17-6-7-18(19)12-17/h2-7,17-19,22H,8-15H2,1H3,(H,24,26). The van der Waals surface area contributed by atoms with E-state index in [1.54, 1.807) is 6.92 Å². The molecule has 1 aliphatic heterocycles. The van der Waals surface area contributed by atoms with Gasteiger partial charge in [-0.15, -0.1) is 0 Å². The highest BCUT2D eigenvalue weighted by Gasteiger charge is 2.46. The van der Waals surface area contributed by atoms with Crippen LogP contribution in [-0.4, -0.2) is 30.4 Å². The van der Waals surface area contributed by atoms with E-state index < -0.39 is 0 Å². The number of benzene rings is 1. The second-order valence-corrected chi connectivity index (χ2v) is 9.17. The summed E-state index contributed by atoms with van der Waals surface area (Å²) in [7, 11) is 0. The molecular formula is C23H30N2O. The van der Waals surface area contributed by atoms with E-state index in [0.29, 0.717) is 0 Å². The van der Waals surface area contributed by atoms with Crippen LogP contribution in [0.15, 0.2) is 36.4 Å². The molecule has 1 saturated carbocycles. The Morgan fingerprint density at radius 2 is 2.00 bits per heavy atom. The van der Waals surface area contributed by atoms with Gasteiger partial charge in [0, 0.05) is 18.9 Å². The number of nitrogens with zero attached hydrogens (tertiary/aromatic N) is 1. The van der Waals surface area contributed by atoms with Crippen molar-refractivity contribution in [2.24, 2.45) is 17.8 Å². The fourth-order valence-corrected chi connectivity index (χ4v) is 6.34. The van der Waals surface area contributed by atoms with Gasteiger partial charge in [-0.25, -0.2) is 0 Å². The first-order valence-electron chi connectivity index (χ1n) is 10.4. The van der Waals surface area contributed by atoms with Crippen LogP contribution in [0.3, 0.4) is 0 Å². The van der Waals surface area contributed by atoms with Crippen molar-refractivity contribution in [3.05, 3.63) is 47.5 Å². The average molecular weight is 351 g/mol. The maximum Gasteiger partial charge on any atom is 0.217 e. The average Bonchev–Trinajstić information content (AvgIpc) is 3.32. The van der Waals surface area contributed by atoms with E-state index in [1.165, 1.54) is 56.4 Å². The number of hydrogen-bond donors (Lipinski definition) is 1. The van der Waals surface area contributed by atoms with Crippen molar-refractivity contribution in [1.29, 1.82) is 0 Å². The minimum absolute atomic E-state index is 0.0867. The van der Waals surface area contributed by atoms with Crippen LogP contribution in [0, 0.1) is 17.8 Å². The van der Waals surface area contributed by atoms with Gasteiger partial charge in [-0.2, -0.15) is 0 Å². The van der Waals surface area contributed by atoms with Crippen molar-refractivity contribution in [3.63, 3.8) is 0 Å². The summed E-state index contributed by atoms with van der Waals surface area (Å²) in [5.74, 6) is 2.71. The van der Waals surface area contributed by atoms with Gasteiger partial charge in [0.25, 0.3) is 0 Å². The topological polar surface area (TPSA) is 32.3 Å². The molecule has 4 aliphatic rings. The van der Waals surface area contributed by atoms with Crippen LogP contribution in [-0.2, 0) is 10.2 Å². The molecule has 1 amide bonds. The Balaban J connectivity index is 1.28. The van der Waals surface area contributed by atoms with Gasteiger partial charge in [-0.3, -0.25) is 4.79 Å². The molecule has 3 heteroatoms. The Labute approximate surface area is 156 Å². The number of likely N-dealkylation sites (tertiary alicyclic amines) is 1. The molecule has 1 N–H and O–H groups in total. The highest BCUT2D eigenvalue weighted by molar-refractivity contribution is 5.73. The maximum absolute atomic E-state index is 11.7. The van der Waals surface area contributed by atoms with Crippen molar-refractivity contribution >= 4 is 5.91 Å². The van der Waals surface area contributed by atoms with Crippen LogP contribution in [0.2, 0.25) is 0 Å². The van der Waals surface area contributed by atoms with Gasteiger partial charge in [0.2, 0.25) is 5.91 Å². The smallest absolute Gasteiger partial charge is 0.217 e. The third kappa shape index (κ3) is 2.72. The zero-order valence-electron chi connectivity index (χ0n) is 15.8. The van der Waals surface area contributed by atoms with E-state index in [1.807, 2.05) is 0 Å². The van der Waals surface area contributed by atoms with E-state index in [2.05, 4.69) is 46.6 Å². The van der Waals surface area contributed by atoms with Gasteiger partial charge in [-0.1, -0.05) is 36.4 Å². The quantitative estimate of drug-likeness (QED) is 0.841. The second-order valence-electron chi connectivity index (χ2n) is 9.17. The van der Waals surface area contributed by atoms with Crippen LogP contribution < -0.4 is 5.32 Å². The highest BCUT2D eigenvalue weighted by Crippen LogP contribution is 2.51. The minimum Gasteiger partial charge on any atom is -0.349 e. The molecule has 1 heterocycles. The molecule has 1 aromatic rings. The van der Waals surface area contributed by atoms with E-state index in [9.17, 15) is 4.79 Å². The molecule has 138 valence electrons. The molecule has 4 atom stereocenters. The summed E-state index contributed by atoms with van der Waals surface area (Å²) in [6.45, 7) is 5.34. The number of carbonyl (C=O) groups excluding carboxylic acids is 1. The fraction of sp³-hybridized carbons (Fsp3) is 0.609. The lowest BCUT2D eigenvalue weighted by molar-refractivity contribution is -0.119. The third-order valence-corrected chi connectivity index (χ3v) is 7.60. The van der Waals surface area contributed by atoms with Gasteiger partial charge in [0.15, 0.2) is 0 Å². The van der Waals surface area contributed by atoms with Crippen molar-refractivity contribution in [2.75, 3.05) is 19.6 Å². The second kappa shape index (κ2) is 6.23. The predicted octanol–water partition coefficient (Wildman–Crippen LogP) is 3.81. The molecule has 0 radical (unpaired) electrons. The van der Waals surface area contributed by atoms with E-state index in [0.717, 1.165) is 24.2 Å². The molecular weight excluding hydrogens is 320 g/mol. The van der Waals surface area contributed by atoms with Gasteiger partial charge in [0.1, 0.15) is 0 Å².